The van der Waals surface area contributed by atoms with Gasteiger partial charge in [0.15, 0.2) is 11.5 Å². The predicted molar refractivity (Wildman–Crippen MR) is 86.4 cm³/mol. The van der Waals surface area contributed by atoms with Crippen LogP contribution in [0.4, 0.5) is 0 Å². The molecule has 1 aliphatic carbocycles. The highest BCUT2D eigenvalue weighted by molar-refractivity contribution is 7.80. The number of nitrogens with one attached hydrogen (secondary N) is 1. The monoisotopic (exact) mass is 309 g/mol. The third-order valence-electron chi connectivity index (χ3n) is 4.01. The molecule has 2 rings (SSSR count). The van der Waals surface area contributed by atoms with Crippen LogP contribution in [0.1, 0.15) is 24.8 Å². The third kappa shape index (κ3) is 4.30. The van der Waals surface area contributed by atoms with Gasteiger partial charge in [-0.1, -0.05) is 6.07 Å². The van der Waals surface area contributed by atoms with Gasteiger partial charge in [0.25, 0.3) is 0 Å². The molecule has 0 heterocycles. The van der Waals surface area contributed by atoms with Crippen molar-refractivity contribution in [1.82, 2.24) is 5.32 Å². The smallest absolute Gasteiger partial charge is 0.220 e. The summed E-state index contributed by atoms with van der Waals surface area (Å²) in [6.07, 6.45) is 3.63. The molecule has 1 aliphatic rings. The lowest BCUT2D eigenvalue weighted by Crippen LogP contribution is -2.28. The molecule has 1 aromatic carbocycles. The van der Waals surface area contributed by atoms with Crippen LogP contribution in [0.15, 0.2) is 18.2 Å². The largest absolute Gasteiger partial charge is 0.493 e. The number of methoxy groups -OCH3 is 2. The Morgan fingerprint density at radius 2 is 2.00 bits per heavy atom. The first kappa shape index (κ1) is 16.0. The number of hydrogen-bond donors (Lipinski definition) is 2. The molecule has 0 saturated heterocycles. The Morgan fingerprint density at radius 3 is 2.57 bits per heavy atom. The Balaban J connectivity index is 1.79. The van der Waals surface area contributed by atoms with Crippen molar-refractivity contribution in [3.8, 4) is 11.5 Å². The minimum atomic E-state index is 0.127. The van der Waals surface area contributed by atoms with E-state index in [4.69, 9.17) is 9.47 Å². The second kappa shape index (κ2) is 7.07. The quantitative estimate of drug-likeness (QED) is 0.725. The molecule has 0 unspecified atom stereocenters. The van der Waals surface area contributed by atoms with Crippen molar-refractivity contribution in [1.29, 1.82) is 0 Å². The summed E-state index contributed by atoms with van der Waals surface area (Å²) < 4.78 is 10.5. The summed E-state index contributed by atoms with van der Waals surface area (Å²) in [5, 5.41) is 2.98. The van der Waals surface area contributed by atoms with Crippen molar-refractivity contribution < 1.29 is 14.3 Å². The van der Waals surface area contributed by atoms with Crippen LogP contribution in [0.25, 0.3) is 0 Å². The topological polar surface area (TPSA) is 47.6 Å². The second-order valence-corrected chi connectivity index (χ2v) is 5.94. The number of rotatable bonds is 8. The lowest BCUT2D eigenvalue weighted by molar-refractivity contribution is -0.122. The predicted octanol–water partition coefficient (Wildman–Crippen LogP) is 2.46. The van der Waals surface area contributed by atoms with Crippen molar-refractivity contribution in [2.45, 2.75) is 25.7 Å². The molecule has 5 heteroatoms. The Kier molecular flexibility index (Phi) is 5.39. The van der Waals surface area contributed by atoms with E-state index in [1.807, 2.05) is 18.2 Å². The number of amides is 1. The molecule has 1 amide bonds. The molecule has 0 atom stereocenters. The zero-order chi connectivity index (χ0) is 15.3. The molecular formula is C16H23NO3S. The van der Waals surface area contributed by atoms with E-state index >= 15 is 0 Å². The number of benzene rings is 1. The lowest BCUT2D eigenvalue weighted by atomic mass is 10.1. The maximum Gasteiger partial charge on any atom is 0.220 e. The number of thiol groups is 1. The first-order valence-electron chi connectivity index (χ1n) is 7.21. The van der Waals surface area contributed by atoms with Crippen LogP contribution < -0.4 is 14.8 Å². The highest BCUT2D eigenvalue weighted by Crippen LogP contribution is 2.49. The van der Waals surface area contributed by atoms with E-state index in [0.717, 1.165) is 36.3 Å². The lowest BCUT2D eigenvalue weighted by Gasteiger charge is -2.12. The Labute approximate surface area is 131 Å². The fourth-order valence-corrected chi connectivity index (χ4v) is 2.78. The molecule has 116 valence electrons. The summed E-state index contributed by atoms with van der Waals surface area (Å²) in [5.74, 6) is 2.36. The molecule has 4 nitrogen and oxygen atoms in total. The van der Waals surface area contributed by atoms with Gasteiger partial charge in [-0.05, 0) is 48.1 Å². The summed E-state index contributed by atoms with van der Waals surface area (Å²) in [6.45, 7) is 0.636. The molecule has 0 spiro atoms. The Bertz CT molecular complexity index is 500. The second-order valence-electron chi connectivity index (χ2n) is 5.62. The van der Waals surface area contributed by atoms with Gasteiger partial charge in [-0.2, -0.15) is 12.6 Å². The van der Waals surface area contributed by atoms with Gasteiger partial charge < -0.3 is 14.8 Å². The van der Waals surface area contributed by atoms with Crippen LogP contribution in [-0.2, 0) is 11.2 Å². The maximum absolute atomic E-state index is 11.9. The zero-order valence-electron chi connectivity index (χ0n) is 12.6. The van der Waals surface area contributed by atoms with Gasteiger partial charge in [0.2, 0.25) is 5.91 Å². The first-order chi connectivity index (χ1) is 10.1. The molecule has 1 N–H and O–H groups in total. The summed E-state index contributed by atoms with van der Waals surface area (Å²) in [5.41, 5.74) is 1.29. The number of hydrogen-bond acceptors (Lipinski definition) is 4. The van der Waals surface area contributed by atoms with Crippen molar-refractivity contribution in [3.05, 3.63) is 23.8 Å². The first-order valence-corrected chi connectivity index (χ1v) is 7.84. The van der Waals surface area contributed by atoms with E-state index in [2.05, 4.69) is 17.9 Å². The van der Waals surface area contributed by atoms with Crippen molar-refractivity contribution in [2.75, 3.05) is 26.5 Å². The van der Waals surface area contributed by atoms with Gasteiger partial charge in [0, 0.05) is 13.0 Å². The van der Waals surface area contributed by atoms with Crippen LogP contribution in [0.3, 0.4) is 0 Å². The molecule has 0 aromatic heterocycles. The third-order valence-corrected chi connectivity index (χ3v) is 4.68. The van der Waals surface area contributed by atoms with E-state index in [9.17, 15) is 4.79 Å². The average molecular weight is 309 g/mol. The summed E-state index contributed by atoms with van der Waals surface area (Å²) in [7, 11) is 3.24. The van der Waals surface area contributed by atoms with E-state index in [0.29, 0.717) is 18.7 Å². The van der Waals surface area contributed by atoms with E-state index in [1.165, 1.54) is 0 Å². The van der Waals surface area contributed by atoms with Crippen LogP contribution in [0.5, 0.6) is 11.5 Å². The SMILES string of the molecule is COc1ccc(CCNC(=O)CC2(CS)CC2)cc1OC. The van der Waals surface area contributed by atoms with Crippen LogP contribution >= 0.6 is 12.6 Å². The number of ether oxygens (including phenoxy) is 2. The van der Waals surface area contributed by atoms with E-state index in [-0.39, 0.29) is 11.3 Å². The van der Waals surface area contributed by atoms with E-state index < -0.39 is 0 Å². The average Bonchev–Trinajstić information content (AvgIpc) is 3.27. The molecule has 21 heavy (non-hydrogen) atoms. The van der Waals surface area contributed by atoms with Crippen molar-refractivity contribution >= 4 is 18.5 Å². The standard InChI is InChI=1S/C16H23NO3S/c1-19-13-4-3-12(9-14(13)20-2)5-8-17-15(18)10-16(11-21)6-7-16/h3-4,9,21H,5-8,10-11H2,1-2H3,(H,17,18). The number of carbonyl (C=O) groups excluding carboxylic acids is 1. The summed E-state index contributed by atoms with van der Waals surface area (Å²) in [6, 6.07) is 5.82. The van der Waals surface area contributed by atoms with Crippen molar-refractivity contribution in [2.24, 2.45) is 5.41 Å². The van der Waals surface area contributed by atoms with Crippen LogP contribution in [0, 0.1) is 5.41 Å². The van der Waals surface area contributed by atoms with Crippen molar-refractivity contribution in [3.63, 3.8) is 0 Å². The Hall–Kier alpha value is -1.36. The minimum absolute atomic E-state index is 0.127. The van der Waals surface area contributed by atoms with Crippen LogP contribution in [0.2, 0.25) is 0 Å². The fourth-order valence-electron chi connectivity index (χ4n) is 2.35. The number of carbonyl (C=O) groups is 1. The molecule has 1 fully saturated rings. The summed E-state index contributed by atoms with van der Waals surface area (Å²) >= 11 is 4.32. The normalized spacial score (nSPS) is 15.4. The van der Waals surface area contributed by atoms with Gasteiger partial charge in [0.1, 0.15) is 0 Å². The fraction of sp³-hybridized carbons (Fsp3) is 0.562. The highest BCUT2D eigenvalue weighted by Gasteiger charge is 2.42. The molecule has 1 aromatic rings. The molecule has 0 aliphatic heterocycles. The molecule has 0 bridgehead atoms. The zero-order valence-corrected chi connectivity index (χ0v) is 13.5. The summed E-state index contributed by atoms with van der Waals surface area (Å²) in [4.78, 5) is 11.9. The van der Waals surface area contributed by atoms with Gasteiger partial charge in [-0.3, -0.25) is 4.79 Å². The van der Waals surface area contributed by atoms with Gasteiger partial charge in [0.05, 0.1) is 14.2 Å². The van der Waals surface area contributed by atoms with Gasteiger partial charge in [-0.25, -0.2) is 0 Å². The highest BCUT2D eigenvalue weighted by atomic mass is 32.1. The van der Waals surface area contributed by atoms with E-state index in [1.54, 1.807) is 14.2 Å². The molecule has 1 saturated carbocycles. The van der Waals surface area contributed by atoms with Crippen LogP contribution in [-0.4, -0.2) is 32.4 Å². The molecule has 0 radical (unpaired) electrons. The van der Waals surface area contributed by atoms with Gasteiger partial charge in [-0.15, -0.1) is 0 Å². The minimum Gasteiger partial charge on any atom is -0.493 e. The molecular weight excluding hydrogens is 286 g/mol. The maximum atomic E-state index is 11.9. The van der Waals surface area contributed by atoms with Gasteiger partial charge >= 0.3 is 0 Å². The Morgan fingerprint density at radius 1 is 1.29 bits per heavy atom.